The molecule has 1 aliphatic carbocycles. The van der Waals surface area contributed by atoms with Crippen molar-refractivity contribution in [3.63, 3.8) is 0 Å². The summed E-state index contributed by atoms with van der Waals surface area (Å²) in [5.74, 6) is 0.199. The first kappa shape index (κ1) is 18.5. The maximum Gasteiger partial charge on any atom is 0.235 e. The number of nitrogens with zero attached hydrogens (tertiary/aromatic N) is 4. The van der Waals surface area contributed by atoms with Crippen LogP contribution in [0.2, 0.25) is 0 Å². The van der Waals surface area contributed by atoms with E-state index in [0.29, 0.717) is 6.04 Å². The van der Waals surface area contributed by atoms with Crippen LogP contribution in [0.25, 0.3) is 0 Å². The van der Waals surface area contributed by atoms with Gasteiger partial charge in [-0.25, -0.2) is 0 Å². The number of thioether (sulfide) groups is 1. The monoisotopic (exact) mass is 378 g/mol. The third-order valence-electron chi connectivity index (χ3n) is 4.86. The van der Waals surface area contributed by atoms with Crippen molar-refractivity contribution >= 4 is 29.0 Å². The molecule has 1 saturated carbocycles. The van der Waals surface area contributed by atoms with Crippen LogP contribution in [-0.4, -0.2) is 43.9 Å². The molecule has 1 fully saturated rings. The van der Waals surface area contributed by atoms with Crippen molar-refractivity contribution in [1.29, 1.82) is 0 Å². The number of amides is 1. The third-order valence-corrected chi connectivity index (χ3v) is 6.88. The summed E-state index contributed by atoms with van der Waals surface area (Å²) >= 11 is 3.28. The van der Waals surface area contributed by atoms with Gasteiger partial charge in [-0.3, -0.25) is 4.79 Å². The van der Waals surface area contributed by atoms with Crippen molar-refractivity contribution in [3.8, 4) is 0 Å². The molecule has 3 rings (SSSR count). The summed E-state index contributed by atoms with van der Waals surface area (Å²) < 4.78 is 2.05. The average molecular weight is 379 g/mol. The highest BCUT2D eigenvalue weighted by Gasteiger charge is 2.27. The van der Waals surface area contributed by atoms with Gasteiger partial charge in [-0.05, 0) is 37.6 Å². The van der Waals surface area contributed by atoms with Crippen LogP contribution in [0.4, 0.5) is 0 Å². The number of hydrogen-bond donors (Lipinski definition) is 0. The van der Waals surface area contributed by atoms with Crippen molar-refractivity contribution < 1.29 is 4.79 Å². The first-order chi connectivity index (χ1) is 12.1. The minimum Gasteiger partial charge on any atom is -0.342 e. The average Bonchev–Trinajstić information content (AvgIpc) is 3.31. The molecular weight excluding hydrogens is 352 g/mol. The fraction of sp³-hybridized carbons (Fsp3) is 0.611. The van der Waals surface area contributed by atoms with Crippen molar-refractivity contribution in [2.24, 2.45) is 0 Å². The molecule has 136 valence electrons. The molecule has 2 heterocycles. The summed E-state index contributed by atoms with van der Waals surface area (Å²) in [5, 5.41) is 11.0. The van der Waals surface area contributed by atoms with E-state index in [1.807, 2.05) is 18.9 Å². The van der Waals surface area contributed by atoms with E-state index in [0.717, 1.165) is 31.0 Å². The number of thiophene rings is 1. The van der Waals surface area contributed by atoms with Gasteiger partial charge >= 0.3 is 0 Å². The second-order valence-corrected chi connectivity index (χ2v) is 8.98. The Hall–Kier alpha value is -1.34. The first-order valence-electron chi connectivity index (χ1n) is 8.98. The van der Waals surface area contributed by atoms with Gasteiger partial charge in [0.15, 0.2) is 5.16 Å². The topological polar surface area (TPSA) is 51.0 Å². The molecule has 1 aliphatic rings. The molecule has 7 heteroatoms. The van der Waals surface area contributed by atoms with E-state index in [-0.39, 0.29) is 11.2 Å². The second kappa shape index (κ2) is 8.85. The molecule has 2 aromatic rings. The van der Waals surface area contributed by atoms with Gasteiger partial charge in [0.25, 0.3) is 0 Å². The lowest BCUT2D eigenvalue weighted by Gasteiger charge is -2.32. The van der Waals surface area contributed by atoms with Crippen LogP contribution in [0.15, 0.2) is 29.0 Å². The van der Waals surface area contributed by atoms with Crippen LogP contribution in [0, 0.1) is 0 Å². The Morgan fingerprint density at radius 2 is 2.24 bits per heavy atom. The van der Waals surface area contributed by atoms with Crippen LogP contribution in [0.1, 0.15) is 43.9 Å². The Morgan fingerprint density at radius 1 is 1.44 bits per heavy atom. The van der Waals surface area contributed by atoms with E-state index in [4.69, 9.17) is 0 Å². The molecule has 0 bridgehead atoms. The summed E-state index contributed by atoms with van der Waals surface area (Å²) in [5.41, 5.74) is 0. The van der Waals surface area contributed by atoms with Crippen molar-refractivity contribution in [2.75, 3.05) is 7.05 Å². The van der Waals surface area contributed by atoms with Gasteiger partial charge in [-0.2, -0.15) is 0 Å². The Labute approximate surface area is 157 Å². The van der Waals surface area contributed by atoms with E-state index >= 15 is 0 Å². The highest BCUT2D eigenvalue weighted by atomic mass is 32.2. The predicted octanol–water partition coefficient (Wildman–Crippen LogP) is 3.85. The molecule has 1 unspecified atom stereocenters. The first-order valence-corrected chi connectivity index (χ1v) is 10.7. The highest BCUT2D eigenvalue weighted by Crippen LogP contribution is 2.26. The van der Waals surface area contributed by atoms with Gasteiger partial charge in [0.2, 0.25) is 5.91 Å². The summed E-state index contributed by atoms with van der Waals surface area (Å²) in [6.07, 6.45) is 8.77. The number of carbonyl (C=O) groups excluding carboxylic acids is 1. The summed E-state index contributed by atoms with van der Waals surface area (Å²) in [6.45, 7) is 2.82. The quantitative estimate of drug-likeness (QED) is 0.687. The van der Waals surface area contributed by atoms with E-state index in [9.17, 15) is 4.79 Å². The Kier molecular flexibility index (Phi) is 6.53. The van der Waals surface area contributed by atoms with E-state index in [2.05, 4.69) is 32.3 Å². The molecule has 2 aromatic heterocycles. The molecule has 1 atom stereocenters. The minimum atomic E-state index is -0.142. The molecular formula is C18H26N4OS2. The van der Waals surface area contributed by atoms with Gasteiger partial charge in [-0.15, -0.1) is 21.5 Å². The van der Waals surface area contributed by atoms with Gasteiger partial charge in [-0.1, -0.05) is 37.1 Å². The molecule has 0 N–H and O–H groups in total. The fourth-order valence-electron chi connectivity index (χ4n) is 3.32. The van der Waals surface area contributed by atoms with Crippen molar-refractivity contribution in [2.45, 2.75) is 68.4 Å². The van der Waals surface area contributed by atoms with Crippen LogP contribution >= 0.6 is 23.1 Å². The van der Waals surface area contributed by atoms with E-state index in [1.54, 1.807) is 17.7 Å². The Balaban J connectivity index is 1.56. The maximum atomic E-state index is 12.8. The number of carbonyl (C=O) groups is 1. The Morgan fingerprint density at radius 3 is 2.96 bits per heavy atom. The molecule has 1 amide bonds. The third kappa shape index (κ3) is 4.85. The highest BCUT2D eigenvalue weighted by molar-refractivity contribution is 8.00. The standard InChI is InChI=1S/C18H26N4OS2/c1-14(17(23)21(2)15-7-4-3-5-8-15)25-18-20-19-13-22(18)11-10-16-9-6-12-24-16/h6,9,12-15H,3-5,7-8,10-11H2,1-2H3. The summed E-state index contributed by atoms with van der Waals surface area (Å²) in [7, 11) is 1.96. The lowest BCUT2D eigenvalue weighted by Crippen LogP contribution is -2.42. The van der Waals surface area contributed by atoms with Gasteiger partial charge in [0.1, 0.15) is 6.33 Å². The largest absolute Gasteiger partial charge is 0.342 e. The van der Waals surface area contributed by atoms with Crippen LogP contribution in [-0.2, 0) is 17.8 Å². The summed E-state index contributed by atoms with van der Waals surface area (Å²) in [4.78, 5) is 16.1. The number of hydrogen-bond acceptors (Lipinski definition) is 5. The number of rotatable bonds is 7. The maximum absolute atomic E-state index is 12.8. The van der Waals surface area contributed by atoms with E-state index in [1.165, 1.54) is 35.9 Å². The zero-order valence-corrected chi connectivity index (χ0v) is 16.6. The molecule has 0 saturated heterocycles. The number of aryl methyl sites for hydroxylation is 2. The van der Waals surface area contributed by atoms with Crippen molar-refractivity contribution in [3.05, 3.63) is 28.7 Å². The lowest BCUT2D eigenvalue weighted by atomic mass is 9.94. The van der Waals surface area contributed by atoms with E-state index < -0.39 is 0 Å². The lowest BCUT2D eigenvalue weighted by molar-refractivity contribution is -0.131. The van der Waals surface area contributed by atoms with Crippen molar-refractivity contribution in [1.82, 2.24) is 19.7 Å². The Bertz CT molecular complexity index is 664. The van der Waals surface area contributed by atoms with Gasteiger partial charge in [0.05, 0.1) is 5.25 Å². The van der Waals surface area contributed by atoms with Crippen LogP contribution in [0.3, 0.4) is 0 Å². The number of aromatic nitrogens is 3. The SMILES string of the molecule is CC(Sc1nncn1CCc1cccs1)C(=O)N(C)C1CCCCC1. The summed E-state index contributed by atoms with van der Waals surface area (Å²) in [6, 6.07) is 4.62. The second-order valence-electron chi connectivity index (χ2n) is 6.64. The molecule has 0 radical (unpaired) electrons. The molecule has 25 heavy (non-hydrogen) atoms. The predicted molar refractivity (Wildman–Crippen MR) is 103 cm³/mol. The van der Waals surface area contributed by atoms with Crippen LogP contribution < -0.4 is 0 Å². The zero-order chi connectivity index (χ0) is 17.6. The smallest absolute Gasteiger partial charge is 0.235 e. The molecule has 0 aromatic carbocycles. The van der Waals surface area contributed by atoms with Gasteiger partial charge < -0.3 is 9.47 Å². The molecule has 5 nitrogen and oxygen atoms in total. The molecule has 0 spiro atoms. The van der Waals surface area contributed by atoms with Crippen LogP contribution in [0.5, 0.6) is 0 Å². The fourth-order valence-corrected chi connectivity index (χ4v) is 4.97. The normalized spacial score (nSPS) is 16.7. The minimum absolute atomic E-state index is 0.142. The zero-order valence-electron chi connectivity index (χ0n) is 14.9. The molecule has 0 aliphatic heterocycles. The van der Waals surface area contributed by atoms with Gasteiger partial charge in [0, 0.05) is 24.5 Å².